The zero-order valence-electron chi connectivity index (χ0n) is 17.7. The van der Waals surface area contributed by atoms with Gasteiger partial charge < -0.3 is 10.6 Å². The lowest BCUT2D eigenvalue weighted by Gasteiger charge is -2.17. The van der Waals surface area contributed by atoms with E-state index in [1.807, 2.05) is 0 Å². The highest BCUT2D eigenvalue weighted by Crippen LogP contribution is 2.37. The van der Waals surface area contributed by atoms with Crippen LogP contribution in [0.5, 0.6) is 0 Å². The third kappa shape index (κ3) is 5.39. The minimum Gasteiger partial charge on any atom is -0.351 e. The van der Waals surface area contributed by atoms with Crippen LogP contribution < -0.4 is 10.6 Å². The molecule has 0 aromatic carbocycles. The number of nitrogens with zero attached hydrogens (tertiary/aromatic N) is 5. The van der Waals surface area contributed by atoms with E-state index in [0.29, 0.717) is 19.8 Å². The first-order valence-electron chi connectivity index (χ1n) is 10.5. The van der Waals surface area contributed by atoms with Crippen molar-refractivity contribution in [3.8, 4) is 11.5 Å². The highest BCUT2D eigenvalue weighted by atomic mass is 19.3. The Kier molecular flexibility index (Phi) is 5.66. The molecule has 3 unspecified atom stereocenters. The van der Waals surface area contributed by atoms with Crippen molar-refractivity contribution in [2.45, 2.75) is 82.0 Å². The van der Waals surface area contributed by atoms with E-state index < -0.39 is 29.2 Å². The van der Waals surface area contributed by atoms with Crippen LogP contribution in [0.2, 0.25) is 0 Å². The summed E-state index contributed by atoms with van der Waals surface area (Å²) in [6, 6.07) is -0.785. The molecule has 2 fully saturated rings. The molecule has 12 heteroatoms. The van der Waals surface area contributed by atoms with Gasteiger partial charge in [0.25, 0.3) is 5.92 Å². The summed E-state index contributed by atoms with van der Waals surface area (Å²) in [5.41, 5.74) is -1.88. The van der Waals surface area contributed by atoms with E-state index in [9.17, 15) is 22.0 Å². The second-order valence-corrected chi connectivity index (χ2v) is 8.92. The van der Waals surface area contributed by atoms with Gasteiger partial charge in [0.2, 0.25) is 17.8 Å². The van der Waals surface area contributed by atoms with Crippen LogP contribution in [0.25, 0.3) is 11.5 Å². The summed E-state index contributed by atoms with van der Waals surface area (Å²) in [7, 11) is 0. The van der Waals surface area contributed by atoms with Crippen molar-refractivity contribution in [1.82, 2.24) is 24.9 Å². The van der Waals surface area contributed by atoms with E-state index in [2.05, 4.69) is 35.6 Å². The van der Waals surface area contributed by atoms with Gasteiger partial charge in [-0.1, -0.05) is 0 Å². The van der Waals surface area contributed by atoms with Crippen molar-refractivity contribution < 1.29 is 22.0 Å². The smallest absolute Gasteiger partial charge is 0.288 e. The topological polar surface area (TPSA) is 88.5 Å². The molecule has 32 heavy (non-hydrogen) atoms. The average molecular weight is 457 g/mol. The number of alkyl halides is 5. The van der Waals surface area contributed by atoms with E-state index in [0.717, 1.165) is 6.20 Å². The maximum Gasteiger partial charge on any atom is 0.288 e. The maximum atomic E-state index is 14.2. The van der Waals surface area contributed by atoms with Crippen LogP contribution in [-0.2, 0) is 5.92 Å². The molecule has 7 nitrogen and oxygen atoms in total. The summed E-state index contributed by atoms with van der Waals surface area (Å²) in [6.07, 6.45) is 2.99. The molecule has 0 bridgehead atoms. The first kappa shape index (κ1) is 22.5. The largest absolute Gasteiger partial charge is 0.351 e. The van der Waals surface area contributed by atoms with Crippen LogP contribution in [0.1, 0.15) is 58.1 Å². The molecule has 0 saturated heterocycles. The molecule has 2 aliphatic carbocycles. The molecule has 0 amide bonds. The molecule has 0 radical (unpaired) electrons. The summed E-state index contributed by atoms with van der Waals surface area (Å²) in [6.45, 7) is 2.22. The Morgan fingerprint density at radius 1 is 0.906 bits per heavy atom. The Bertz CT molecular complexity index is 933. The summed E-state index contributed by atoms with van der Waals surface area (Å²) in [4.78, 5) is 20.4. The van der Waals surface area contributed by atoms with Gasteiger partial charge in [0.15, 0.2) is 5.82 Å². The molecule has 2 aromatic rings. The second-order valence-electron chi connectivity index (χ2n) is 8.92. The van der Waals surface area contributed by atoms with Crippen molar-refractivity contribution in [2.24, 2.45) is 0 Å². The van der Waals surface area contributed by atoms with Crippen LogP contribution in [0.3, 0.4) is 0 Å². The Hall–Kier alpha value is -2.66. The van der Waals surface area contributed by atoms with Gasteiger partial charge in [-0.05, 0) is 26.2 Å². The van der Waals surface area contributed by atoms with Gasteiger partial charge in [0.1, 0.15) is 17.1 Å². The van der Waals surface area contributed by atoms with Crippen LogP contribution in [0, 0.1) is 0 Å². The standard InChI is InChI=1S/C20H24F5N7/c1-18(21)5-3-11(7-18)27-16-30-15(13-9-26-10-14(29-13)19(2,22)23)31-17(32-16)28-12-4-6-20(24,25)8-12/h9-12H,3-8H2,1-2H3,(H2,27,28,30,31,32). The Balaban J connectivity index is 1.64. The third-order valence-corrected chi connectivity index (χ3v) is 5.70. The van der Waals surface area contributed by atoms with Crippen molar-refractivity contribution in [3.63, 3.8) is 0 Å². The Morgan fingerprint density at radius 2 is 1.53 bits per heavy atom. The normalized spacial score (nSPS) is 27.5. The molecule has 2 heterocycles. The minimum atomic E-state index is -3.22. The Labute approximate surface area is 181 Å². The number of anilines is 2. The molecule has 0 aliphatic heterocycles. The van der Waals surface area contributed by atoms with Gasteiger partial charge in [-0.25, -0.2) is 18.2 Å². The van der Waals surface area contributed by atoms with E-state index in [-0.39, 0.29) is 55.1 Å². The first-order chi connectivity index (χ1) is 14.9. The highest BCUT2D eigenvalue weighted by molar-refractivity contribution is 5.53. The highest BCUT2D eigenvalue weighted by Gasteiger charge is 2.40. The lowest BCUT2D eigenvalue weighted by atomic mass is 10.1. The number of nitrogens with one attached hydrogen (secondary N) is 2. The van der Waals surface area contributed by atoms with Gasteiger partial charge in [-0.3, -0.25) is 4.98 Å². The van der Waals surface area contributed by atoms with Crippen molar-refractivity contribution >= 4 is 11.9 Å². The predicted octanol–water partition coefficient (Wildman–Crippen LogP) is 4.73. The van der Waals surface area contributed by atoms with Gasteiger partial charge in [-0.15, -0.1) is 0 Å². The fourth-order valence-electron chi connectivity index (χ4n) is 4.06. The van der Waals surface area contributed by atoms with Gasteiger partial charge in [0, 0.05) is 38.3 Å². The van der Waals surface area contributed by atoms with Gasteiger partial charge in [-0.2, -0.15) is 23.7 Å². The van der Waals surface area contributed by atoms with Crippen LogP contribution >= 0.6 is 0 Å². The zero-order valence-corrected chi connectivity index (χ0v) is 17.7. The first-order valence-corrected chi connectivity index (χ1v) is 10.5. The molecule has 2 N–H and O–H groups in total. The summed E-state index contributed by atoms with van der Waals surface area (Å²) in [5.74, 6) is -5.94. The van der Waals surface area contributed by atoms with Gasteiger partial charge in [0.05, 0.1) is 12.4 Å². The third-order valence-electron chi connectivity index (χ3n) is 5.70. The minimum absolute atomic E-state index is 0.0108. The lowest BCUT2D eigenvalue weighted by molar-refractivity contribution is 0.00840. The second kappa shape index (κ2) is 8.04. The SMILES string of the molecule is CC1(F)CCC(Nc2nc(NC3CCC(F)(F)C3)nc(-c3cncc(C(C)(F)F)n3)n2)C1. The predicted molar refractivity (Wildman–Crippen MR) is 107 cm³/mol. The van der Waals surface area contributed by atoms with Crippen LogP contribution in [0.15, 0.2) is 12.4 Å². The number of halogens is 5. The average Bonchev–Trinajstić information content (AvgIpc) is 3.21. The molecule has 3 atom stereocenters. The number of rotatable bonds is 6. The molecule has 174 valence electrons. The monoisotopic (exact) mass is 457 g/mol. The number of hydrogen-bond acceptors (Lipinski definition) is 7. The molecule has 4 rings (SSSR count). The molecular formula is C20H24F5N7. The van der Waals surface area contributed by atoms with E-state index in [1.165, 1.54) is 13.1 Å². The molecule has 0 spiro atoms. The van der Waals surface area contributed by atoms with Crippen LogP contribution in [-0.4, -0.2) is 48.6 Å². The molecular weight excluding hydrogens is 433 g/mol. The maximum absolute atomic E-state index is 14.2. The van der Waals surface area contributed by atoms with E-state index in [4.69, 9.17) is 0 Å². The van der Waals surface area contributed by atoms with Crippen molar-refractivity contribution in [1.29, 1.82) is 0 Å². The molecule has 2 aromatic heterocycles. The van der Waals surface area contributed by atoms with E-state index in [1.54, 1.807) is 0 Å². The lowest BCUT2D eigenvalue weighted by Crippen LogP contribution is -2.24. The summed E-state index contributed by atoms with van der Waals surface area (Å²) >= 11 is 0. The Morgan fingerprint density at radius 3 is 2.06 bits per heavy atom. The zero-order chi connectivity index (χ0) is 23.1. The quantitative estimate of drug-likeness (QED) is 0.606. The summed E-state index contributed by atoms with van der Waals surface area (Å²) in [5, 5.41) is 5.93. The molecule has 2 saturated carbocycles. The van der Waals surface area contributed by atoms with Crippen molar-refractivity contribution in [2.75, 3.05) is 10.6 Å². The molecule has 2 aliphatic rings. The van der Waals surface area contributed by atoms with E-state index >= 15 is 0 Å². The fourth-order valence-corrected chi connectivity index (χ4v) is 4.06. The number of hydrogen-bond donors (Lipinski definition) is 2. The summed E-state index contributed by atoms with van der Waals surface area (Å²) < 4.78 is 68.8. The van der Waals surface area contributed by atoms with Crippen molar-refractivity contribution in [3.05, 3.63) is 18.1 Å². The fraction of sp³-hybridized carbons (Fsp3) is 0.650. The van der Waals surface area contributed by atoms with Gasteiger partial charge >= 0.3 is 0 Å². The number of aromatic nitrogens is 5. The van der Waals surface area contributed by atoms with Crippen LogP contribution in [0.4, 0.5) is 33.8 Å².